The molecule has 0 aliphatic rings. The minimum absolute atomic E-state index is 0.0307. The Morgan fingerprint density at radius 3 is 2.80 bits per heavy atom. The van der Waals surface area contributed by atoms with Crippen LogP contribution in [-0.4, -0.2) is 12.1 Å². The van der Waals surface area contributed by atoms with Crippen molar-refractivity contribution in [3.05, 3.63) is 12.7 Å². The molecule has 0 fully saturated rings. The maximum Gasteiger partial charge on any atom is 0.206 e. The van der Waals surface area contributed by atoms with Crippen molar-refractivity contribution in [2.24, 2.45) is 0 Å². The predicted octanol–water partition coefficient (Wildman–Crippen LogP) is 1.41. The highest BCUT2D eigenvalue weighted by molar-refractivity contribution is 5.89. The molecule has 2 heteroatoms. The lowest BCUT2D eigenvalue weighted by Gasteiger charge is -1.91. The second-order valence-electron chi connectivity index (χ2n) is 2.04. The summed E-state index contributed by atoms with van der Waals surface area (Å²) in [6.07, 6.45) is 5.38. The van der Waals surface area contributed by atoms with Gasteiger partial charge in [0.25, 0.3) is 0 Å². The van der Waals surface area contributed by atoms with E-state index >= 15 is 0 Å². The summed E-state index contributed by atoms with van der Waals surface area (Å²) in [5, 5.41) is 0. The SMILES string of the molecule is C=CCCCC(=O)C[C]=O. The highest BCUT2D eigenvalue weighted by Crippen LogP contribution is 1.97. The zero-order chi connectivity index (χ0) is 7.82. The fourth-order valence-corrected chi connectivity index (χ4v) is 0.612. The molecule has 0 aromatic heterocycles. The molecular formula is C8H11O2. The maximum absolute atomic E-state index is 10.6. The van der Waals surface area contributed by atoms with E-state index in [0.29, 0.717) is 6.42 Å². The van der Waals surface area contributed by atoms with Crippen LogP contribution >= 0.6 is 0 Å². The summed E-state index contributed by atoms with van der Waals surface area (Å²) in [5.41, 5.74) is 0. The van der Waals surface area contributed by atoms with E-state index in [0.717, 1.165) is 12.8 Å². The quantitative estimate of drug-likeness (QED) is 0.317. The average Bonchev–Trinajstić information content (AvgIpc) is 1.89. The Morgan fingerprint density at radius 2 is 2.30 bits per heavy atom. The van der Waals surface area contributed by atoms with Gasteiger partial charge in [-0.15, -0.1) is 6.58 Å². The Labute approximate surface area is 60.9 Å². The van der Waals surface area contributed by atoms with Crippen LogP contribution in [0.2, 0.25) is 0 Å². The van der Waals surface area contributed by atoms with E-state index in [9.17, 15) is 9.59 Å². The van der Waals surface area contributed by atoms with Crippen molar-refractivity contribution in [1.82, 2.24) is 0 Å². The molecule has 0 spiro atoms. The monoisotopic (exact) mass is 139 g/mol. The van der Waals surface area contributed by atoms with Gasteiger partial charge in [-0.2, -0.15) is 0 Å². The van der Waals surface area contributed by atoms with Gasteiger partial charge in [-0.25, -0.2) is 0 Å². The van der Waals surface area contributed by atoms with Crippen LogP contribution in [0.15, 0.2) is 12.7 Å². The summed E-state index contributed by atoms with van der Waals surface area (Å²) in [7, 11) is 0. The number of carbonyl (C=O) groups excluding carboxylic acids is 2. The molecule has 10 heavy (non-hydrogen) atoms. The Morgan fingerprint density at radius 1 is 1.60 bits per heavy atom. The van der Waals surface area contributed by atoms with Gasteiger partial charge in [-0.1, -0.05) is 6.08 Å². The molecule has 0 heterocycles. The summed E-state index contributed by atoms with van der Waals surface area (Å²) in [4.78, 5) is 20.3. The van der Waals surface area contributed by atoms with Crippen molar-refractivity contribution in [2.45, 2.75) is 25.7 Å². The van der Waals surface area contributed by atoms with Gasteiger partial charge < -0.3 is 0 Å². The molecule has 1 radical (unpaired) electrons. The summed E-state index contributed by atoms with van der Waals surface area (Å²) in [6, 6.07) is 0. The van der Waals surface area contributed by atoms with Crippen molar-refractivity contribution in [3.8, 4) is 0 Å². The number of unbranched alkanes of at least 4 members (excludes halogenated alkanes) is 1. The van der Waals surface area contributed by atoms with Crippen LogP contribution in [0.4, 0.5) is 0 Å². The fourth-order valence-electron chi connectivity index (χ4n) is 0.612. The first-order valence-electron chi connectivity index (χ1n) is 3.29. The lowest BCUT2D eigenvalue weighted by molar-refractivity contribution is -0.118. The molecule has 0 rings (SSSR count). The van der Waals surface area contributed by atoms with Crippen molar-refractivity contribution in [2.75, 3.05) is 0 Å². The molecule has 0 atom stereocenters. The van der Waals surface area contributed by atoms with Crippen LogP contribution in [0.1, 0.15) is 25.7 Å². The molecule has 0 saturated heterocycles. The maximum atomic E-state index is 10.6. The lowest BCUT2D eigenvalue weighted by Crippen LogP contribution is -1.96. The van der Waals surface area contributed by atoms with Gasteiger partial charge in [-0.3, -0.25) is 9.59 Å². The highest BCUT2D eigenvalue weighted by Gasteiger charge is 1.98. The van der Waals surface area contributed by atoms with Crippen molar-refractivity contribution >= 4 is 12.1 Å². The molecule has 55 valence electrons. The number of allylic oxidation sites excluding steroid dienone is 1. The molecule has 0 aromatic rings. The first-order valence-corrected chi connectivity index (χ1v) is 3.29. The van der Waals surface area contributed by atoms with E-state index in [1.54, 1.807) is 12.4 Å². The molecule has 0 amide bonds. The molecule has 0 aromatic carbocycles. The molecule has 0 saturated carbocycles. The summed E-state index contributed by atoms with van der Waals surface area (Å²) in [6.45, 7) is 3.51. The summed E-state index contributed by atoms with van der Waals surface area (Å²) < 4.78 is 0. The molecular weight excluding hydrogens is 128 g/mol. The van der Waals surface area contributed by atoms with Gasteiger partial charge in [0.1, 0.15) is 5.78 Å². The smallest absolute Gasteiger partial charge is 0.206 e. The summed E-state index contributed by atoms with van der Waals surface area (Å²) in [5.74, 6) is -0.0307. The van der Waals surface area contributed by atoms with Gasteiger partial charge >= 0.3 is 0 Å². The van der Waals surface area contributed by atoms with E-state index in [1.807, 2.05) is 0 Å². The highest BCUT2D eigenvalue weighted by atomic mass is 16.1. The normalized spacial score (nSPS) is 8.80. The largest absolute Gasteiger partial charge is 0.299 e. The lowest BCUT2D eigenvalue weighted by atomic mass is 10.1. The second-order valence-corrected chi connectivity index (χ2v) is 2.04. The van der Waals surface area contributed by atoms with Gasteiger partial charge in [0.15, 0.2) is 0 Å². The Kier molecular flexibility index (Phi) is 5.63. The van der Waals surface area contributed by atoms with Gasteiger partial charge in [0.05, 0.1) is 6.42 Å². The molecule has 0 bridgehead atoms. The predicted molar refractivity (Wildman–Crippen MR) is 39.4 cm³/mol. The van der Waals surface area contributed by atoms with Gasteiger partial charge in [-0.05, 0) is 12.8 Å². The van der Waals surface area contributed by atoms with Crippen LogP contribution in [-0.2, 0) is 9.59 Å². The van der Waals surface area contributed by atoms with E-state index < -0.39 is 0 Å². The number of ketones is 1. The third-order valence-corrected chi connectivity index (χ3v) is 1.13. The summed E-state index contributed by atoms with van der Waals surface area (Å²) >= 11 is 0. The second kappa shape index (κ2) is 6.20. The van der Waals surface area contributed by atoms with Crippen molar-refractivity contribution < 1.29 is 9.59 Å². The third kappa shape index (κ3) is 5.22. The molecule has 0 aliphatic carbocycles. The zero-order valence-electron chi connectivity index (χ0n) is 5.93. The minimum Gasteiger partial charge on any atom is -0.299 e. The molecule has 0 unspecified atom stereocenters. The van der Waals surface area contributed by atoms with E-state index in [4.69, 9.17) is 0 Å². The first-order chi connectivity index (χ1) is 4.81. The third-order valence-electron chi connectivity index (χ3n) is 1.13. The zero-order valence-corrected chi connectivity index (χ0v) is 5.93. The van der Waals surface area contributed by atoms with E-state index in [-0.39, 0.29) is 12.2 Å². The molecule has 0 aliphatic heterocycles. The van der Waals surface area contributed by atoms with Gasteiger partial charge in [0.2, 0.25) is 6.29 Å². The topological polar surface area (TPSA) is 34.1 Å². The standard InChI is InChI=1S/C8H11O2/c1-2-3-4-5-8(10)6-7-9/h2H,1,3-6H2. The minimum atomic E-state index is -0.0584. The Balaban J connectivity index is 3.20. The van der Waals surface area contributed by atoms with Crippen LogP contribution in [0.5, 0.6) is 0 Å². The Hall–Kier alpha value is -0.920. The van der Waals surface area contributed by atoms with Crippen molar-refractivity contribution in [3.63, 3.8) is 0 Å². The molecule has 2 nitrogen and oxygen atoms in total. The average molecular weight is 139 g/mol. The molecule has 0 N–H and O–H groups in total. The number of hydrogen-bond donors (Lipinski definition) is 0. The van der Waals surface area contributed by atoms with Crippen LogP contribution in [0.25, 0.3) is 0 Å². The fraction of sp³-hybridized carbons (Fsp3) is 0.500. The van der Waals surface area contributed by atoms with E-state index in [2.05, 4.69) is 6.58 Å². The van der Waals surface area contributed by atoms with Gasteiger partial charge in [0, 0.05) is 6.42 Å². The number of rotatable bonds is 6. The Bertz CT molecular complexity index is 127. The van der Waals surface area contributed by atoms with E-state index in [1.165, 1.54) is 0 Å². The first kappa shape index (κ1) is 9.08. The number of carbonyl (C=O) groups is 1. The number of hydrogen-bond acceptors (Lipinski definition) is 2. The van der Waals surface area contributed by atoms with Crippen LogP contribution < -0.4 is 0 Å². The van der Waals surface area contributed by atoms with Crippen molar-refractivity contribution in [1.29, 1.82) is 0 Å². The number of Topliss-reactive ketones (excluding diaryl/α,β-unsaturated/α-hetero) is 1. The van der Waals surface area contributed by atoms with Crippen LogP contribution in [0, 0.1) is 0 Å². The van der Waals surface area contributed by atoms with Crippen LogP contribution in [0.3, 0.4) is 0 Å².